The van der Waals surface area contributed by atoms with E-state index < -0.39 is 6.09 Å². The Morgan fingerprint density at radius 3 is 2.47 bits per heavy atom. The largest absolute Gasteiger partial charge is 0.465 e. The molecule has 166 valence electrons. The maximum absolute atomic E-state index is 13.5. The van der Waals surface area contributed by atoms with Crippen molar-refractivity contribution in [3.05, 3.63) is 71.9 Å². The van der Waals surface area contributed by atoms with Gasteiger partial charge < -0.3 is 14.9 Å². The monoisotopic (exact) mass is 436 g/mol. The van der Waals surface area contributed by atoms with Crippen LogP contribution >= 0.6 is 0 Å². The molecule has 0 saturated carbocycles. The highest BCUT2D eigenvalue weighted by molar-refractivity contribution is 6.08. The predicted molar refractivity (Wildman–Crippen MR) is 119 cm³/mol. The number of fused-ring (bicyclic) bond motifs is 1. The first-order valence-corrected chi connectivity index (χ1v) is 10.5. The molecule has 1 saturated heterocycles. The van der Waals surface area contributed by atoms with E-state index in [4.69, 9.17) is 4.98 Å². The molecular formula is C24H25FN4O3. The van der Waals surface area contributed by atoms with Gasteiger partial charge in [-0.25, -0.2) is 14.2 Å². The summed E-state index contributed by atoms with van der Waals surface area (Å²) < 4.78 is 15.2. The number of allylic oxidation sites excluding steroid dienone is 1. The Hall–Kier alpha value is -3.68. The number of nitrogens with zero attached hydrogens (tertiary/aromatic N) is 4. The summed E-state index contributed by atoms with van der Waals surface area (Å²) in [6.45, 7) is 0.999. The average molecular weight is 436 g/mol. The summed E-state index contributed by atoms with van der Waals surface area (Å²) in [6, 6.07) is 9.87. The molecule has 3 aromatic rings. The zero-order valence-electron chi connectivity index (χ0n) is 18.0. The molecule has 7 nitrogen and oxygen atoms in total. The lowest BCUT2D eigenvalue weighted by Crippen LogP contribution is -2.36. The molecule has 1 N–H and O–H groups in total. The molecular weight excluding hydrogens is 411 g/mol. The van der Waals surface area contributed by atoms with Crippen LogP contribution in [0.5, 0.6) is 0 Å². The summed E-state index contributed by atoms with van der Waals surface area (Å²) in [5.74, 6) is -0.324. The van der Waals surface area contributed by atoms with E-state index in [1.165, 1.54) is 23.1 Å². The number of pyridine rings is 1. The zero-order chi connectivity index (χ0) is 22.8. The molecule has 8 heteroatoms. The highest BCUT2D eigenvalue weighted by Gasteiger charge is 2.25. The van der Waals surface area contributed by atoms with Gasteiger partial charge in [0.1, 0.15) is 22.9 Å². The summed E-state index contributed by atoms with van der Waals surface area (Å²) in [6.07, 6.45) is 5.61. The second-order valence-electron chi connectivity index (χ2n) is 8.19. The molecule has 0 atom stereocenters. The lowest BCUT2D eigenvalue weighted by atomic mass is 9.90. The van der Waals surface area contributed by atoms with E-state index in [2.05, 4.69) is 0 Å². The van der Waals surface area contributed by atoms with E-state index in [1.54, 1.807) is 27.6 Å². The summed E-state index contributed by atoms with van der Waals surface area (Å²) in [5.41, 5.74) is 3.27. The summed E-state index contributed by atoms with van der Waals surface area (Å²) in [4.78, 5) is 32.2. The zero-order valence-corrected chi connectivity index (χ0v) is 18.0. The van der Waals surface area contributed by atoms with Crippen LogP contribution in [0.4, 0.5) is 9.18 Å². The van der Waals surface area contributed by atoms with Gasteiger partial charge in [0.25, 0.3) is 0 Å². The molecule has 1 fully saturated rings. The number of halogens is 1. The fraction of sp³-hybridized carbons (Fsp3) is 0.292. The summed E-state index contributed by atoms with van der Waals surface area (Å²) in [7, 11) is 3.67. The number of imidazole rings is 1. The van der Waals surface area contributed by atoms with Gasteiger partial charge >= 0.3 is 6.09 Å². The van der Waals surface area contributed by atoms with Crippen molar-refractivity contribution in [1.82, 2.24) is 19.2 Å². The quantitative estimate of drug-likeness (QED) is 0.478. The molecule has 1 aromatic carbocycles. The van der Waals surface area contributed by atoms with Gasteiger partial charge in [-0.05, 0) is 60.7 Å². The molecule has 0 spiro atoms. The van der Waals surface area contributed by atoms with Crippen molar-refractivity contribution >= 4 is 17.5 Å². The Morgan fingerprint density at radius 2 is 1.84 bits per heavy atom. The first kappa shape index (κ1) is 21.5. The minimum atomic E-state index is -0.884. The highest BCUT2D eigenvalue weighted by Crippen LogP contribution is 2.31. The molecule has 2 aromatic heterocycles. The molecule has 3 heterocycles. The van der Waals surface area contributed by atoms with Crippen molar-refractivity contribution in [1.29, 1.82) is 0 Å². The van der Waals surface area contributed by atoms with Gasteiger partial charge in [-0.2, -0.15) is 0 Å². The lowest BCUT2D eigenvalue weighted by molar-refractivity contribution is 0.104. The fourth-order valence-electron chi connectivity index (χ4n) is 4.06. The van der Waals surface area contributed by atoms with Crippen molar-refractivity contribution in [3.63, 3.8) is 0 Å². The minimum Gasteiger partial charge on any atom is -0.465 e. The van der Waals surface area contributed by atoms with Gasteiger partial charge in [0, 0.05) is 51.2 Å². The standard InChI is InChI=1S/C24H25FN4O3/c1-27(2)11-10-20(30)23-22(17-3-5-19(25)6-4-17)26-21-15-18(9-14-29(21)23)16-7-12-28(13-8-16)24(31)32/h3-6,9-11,14-16H,7-8,12-13H2,1-2H3,(H,31,32). The number of hydrogen-bond donors (Lipinski definition) is 1. The smallest absolute Gasteiger partial charge is 0.407 e. The van der Waals surface area contributed by atoms with Crippen LogP contribution in [0.3, 0.4) is 0 Å². The number of piperidine rings is 1. The second-order valence-corrected chi connectivity index (χ2v) is 8.19. The Morgan fingerprint density at radius 1 is 1.16 bits per heavy atom. The van der Waals surface area contributed by atoms with Gasteiger partial charge in [0.2, 0.25) is 5.78 Å². The van der Waals surface area contributed by atoms with Gasteiger partial charge in [-0.1, -0.05) is 0 Å². The number of benzene rings is 1. The van der Waals surface area contributed by atoms with Crippen molar-refractivity contribution < 1.29 is 19.1 Å². The number of rotatable bonds is 5. The van der Waals surface area contributed by atoms with Crippen molar-refractivity contribution in [2.45, 2.75) is 18.8 Å². The van der Waals surface area contributed by atoms with Crippen LogP contribution in [0.15, 0.2) is 54.9 Å². The molecule has 4 rings (SSSR count). The third kappa shape index (κ3) is 4.34. The molecule has 32 heavy (non-hydrogen) atoms. The number of carbonyl (C=O) groups is 2. The van der Waals surface area contributed by atoms with Crippen LogP contribution in [-0.2, 0) is 0 Å². The number of carbonyl (C=O) groups excluding carboxylic acids is 1. The maximum Gasteiger partial charge on any atom is 0.407 e. The van der Waals surface area contributed by atoms with Crippen LogP contribution < -0.4 is 0 Å². The third-order valence-corrected chi connectivity index (χ3v) is 5.76. The molecule has 0 bridgehead atoms. The third-order valence-electron chi connectivity index (χ3n) is 5.76. The van der Waals surface area contributed by atoms with Crippen LogP contribution in [0.2, 0.25) is 0 Å². The Labute approximate surface area is 185 Å². The molecule has 1 aliphatic rings. The summed E-state index contributed by atoms with van der Waals surface area (Å²) >= 11 is 0. The average Bonchev–Trinajstić information content (AvgIpc) is 3.16. The van der Waals surface area contributed by atoms with Crippen LogP contribution in [-0.4, -0.2) is 63.4 Å². The van der Waals surface area contributed by atoms with E-state index in [0.717, 1.165) is 18.4 Å². The van der Waals surface area contributed by atoms with Crippen LogP contribution in [0.1, 0.15) is 34.8 Å². The van der Waals surface area contributed by atoms with Crippen LogP contribution in [0, 0.1) is 5.82 Å². The Balaban J connectivity index is 1.74. The van der Waals surface area contributed by atoms with Gasteiger partial charge in [0.15, 0.2) is 0 Å². The summed E-state index contributed by atoms with van der Waals surface area (Å²) in [5, 5.41) is 9.17. The number of carboxylic acid groups (broad SMARTS) is 1. The number of amides is 1. The predicted octanol–water partition coefficient (Wildman–Crippen LogP) is 4.26. The van der Waals surface area contributed by atoms with E-state index in [9.17, 15) is 19.1 Å². The van der Waals surface area contributed by atoms with E-state index in [-0.39, 0.29) is 17.5 Å². The van der Waals surface area contributed by atoms with Crippen molar-refractivity contribution in [2.75, 3.05) is 27.2 Å². The lowest BCUT2D eigenvalue weighted by Gasteiger charge is -2.30. The first-order chi connectivity index (χ1) is 15.3. The minimum absolute atomic E-state index is 0.201. The van der Waals surface area contributed by atoms with Gasteiger partial charge in [-0.15, -0.1) is 0 Å². The fourth-order valence-corrected chi connectivity index (χ4v) is 4.06. The molecule has 0 radical (unpaired) electrons. The Bertz CT molecular complexity index is 1180. The normalized spacial score (nSPS) is 14.9. The Kier molecular flexibility index (Phi) is 5.94. The molecule has 1 aliphatic heterocycles. The van der Waals surface area contributed by atoms with Crippen LogP contribution in [0.25, 0.3) is 16.9 Å². The number of likely N-dealkylation sites (tertiary alicyclic amines) is 1. The van der Waals surface area contributed by atoms with Gasteiger partial charge in [-0.3, -0.25) is 9.20 Å². The second kappa shape index (κ2) is 8.82. The van der Waals surface area contributed by atoms with Crippen molar-refractivity contribution in [3.8, 4) is 11.3 Å². The molecule has 0 aliphatic carbocycles. The highest BCUT2D eigenvalue weighted by atomic mass is 19.1. The SMILES string of the molecule is CN(C)C=CC(=O)c1c(-c2ccc(F)cc2)nc2cc(C3CCN(C(=O)O)CC3)ccn12. The molecule has 0 unspecified atom stereocenters. The number of ketones is 1. The maximum atomic E-state index is 13.5. The van der Waals surface area contributed by atoms with E-state index in [1.807, 2.05) is 32.4 Å². The number of hydrogen-bond acceptors (Lipinski definition) is 4. The first-order valence-electron chi connectivity index (χ1n) is 10.5. The van der Waals surface area contributed by atoms with Gasteiger partial charge in [0.05, 0.1) is 0 Å². The molecule has 1 amide bonds. The van der Waals surface area contributed by atoms with E-state index in [0.29, 0.717) is 35.7 Å². The van der Waals surface area contributed by atoms with Crippen molar-refractivity contribution in [2.24, 2.45) is 0 Å². The topological polar surface area (TPSA) is 78.2 Å². The van der Waals surface area contributed by atoms with E-state index >= 15 is 0 Å². The number of aromatic nitrogens is 2.